The van der Waals surface area contributed by atoms with Gasteiger partial charge >= 0.3 is 0 Å². The van der Waals surface area contributed by atoms with E-state index in [1.165, 1.54) is 34.3 Å². The Morgan fingerprint density at radius 1 is 1.21 bits per heavy atom. The molecule has 0 radical (unpaired) electrons. The van der Waals surface area contributed by atoms with Gasteiger partial charge in [-0.2, -0.15) is 11.8 Å². The van der Waals surface area contributed by atoms with Gasteiger partial charge in [0, 0.05) is 23.7 Å². The van der Waals surface area contributed by atoms with E-state index in [1.807, 2.05) is 11.8 Å². The highest BCUT2D eigenvalue weighted by atomic mass is 32.2. The maximum atomic E-state index is 5.44. The van der Waals surface area contributed by atoms with Crippen molar-refractivity contribution in [3.8, 4) is 5.75 Å². The van der Waals surface area contributed by atoms with Crippen molar-refractivity contribution in [2.24, 2.45) is 0 Å². The third-order valence-corrected chi connectivity index (χ3v) is 4.87. The van der Waals surface area contributed by atoms with Crippen LogP contribution in [-0.2, 0) is 6.54 Å². The first-order valence-electron chi connectivity index (χ1n) is 6.74. The number of benzene rings is 2. The first-order valence-corrected chi connectivity index (χ1v) is 7.89. The van der Waals surface area contributed by atoms with Crippen molar-refractivity contribution in [2.45, 2.75) is 19.0 Å². The van der Waals surface area contributed by atoms with Crippen LogP contribution in [-0.4, -0.2) is 24.7 Å². The molecular weight excluding hydrogens is 254 g/mol. The Morgan fingerprint density at radius 3 is 2.79 bits per heavy atom. The molecule has 2 nitrogen and oxygen atoms in total. The Bertz CT molecular complexity index is 564. The molecule has 19 heavy (non-hydrogen) atoms. The lowest BCUT2D eigenvalue weighted by Crippen LogP contribution is -2.28. The molecule has 1 unspecified atom stereocenters. The van der Waals surface area contributed by atoms with Crippen molar-refractivity contribution in [2.75, 3.05) is 18.6 Å². The van der Waals surface area contributed by atoms with Crippen LogP contribution in [0.2, 0.25) is 0 Å². The van der Waals surface area contributed by atoms with Crippen molar-refractivity contribution in [1.29, 1.82) is 0 Å². The quantitative estimate of drug-likeness (QED) is 0.922. The number of hydrogen-bond donors (Lipinski definition) is 1. The van der Waals surface area contributed by atoms with E-state index in [0.29, 0.717) is 6.04 Å². The van der Waals surface area contributed by atoms with Gasteiger partial charge in [-0.15, -0.1) is 0 Å². The van der Waals surface area contributed by atoms with Gasteiger partial charge in [0.25, 0.3) is 0 Å². The fourth-order valence-electron chi connectivity index (χ4n) is 2.62. The lowest BCUT2D eigenvalue weighted by molar-refractivity contribution is 0.419. The van der Waals surface area contributed by atoms with Gasteiger partial charge in [-0.05, 0) is 29.2 Å². The molecule has 1 fully saturated rings. The summed E-state index contributed by atoms with van der Waals surface area (Å²) in [5.41, 5.74) is 1.35. The second kappa shape index (κ2) is 5.85. The third-order valence-electron chi connectivity index (χ3n) is 3.71. The van der Waals surface area contributed by atoms with Gasteiger partial charge in [-0.25, -0.2) is 0 Å². The highest BCUT2D eigenvalue weighted by molar-refractivity contribution is 7.99. The molecule has 2 aromatic rings. The molecule has 0 amide bonds. The number of fused-ring (bicyclic) bond motifs is 1. The molecule has 0 aromatic heterocycles. The topological polar surface area (TPSA) is 21.3 Å². The highest BCUT2D eigenvalue weighted by Crippen LogP contribution is 2.28. The van der Waals surface area contributed by atoms with E-state index < -0.39 is 0 Å². The Kier molecular flexibility index (Phi) is 3.95. The zero-order valence-corrected chi connectivity index (χ0v) is 12.0. The zero-order chi connectivity index (χ0) is 13.1. The monoisotopic (exact) mass is 273 g/mol. The predicted molar refractivity (Wildman–Crippen MR) is 83.1 cm³/mol. The van der Waals surface area contributed by atoms with Crippen LogP contribution in [0.3, 0.4) is 0 Å². The van der Waals surface area contributed by atoms with E-state index in [1.54, 1.807) is 7.11 Å². The number of nitrogens with one attached hydrogen (secondary N) is 1. The summed E-state index contributed by atoms with van der Waals surface area (Å²) < 4.78 is 5.44. The van der Waals surface area contributed by atoms with Crippen molar-refractivity contribution in [1.82, 2.24) is 5.32 Å². The van der Waals surface area contributed by atoms with E-state index in [2.05, 4.69) is 41.7 Å². The Labute approximate surface area is 118 Å². The molecule has 1 saturated heterocycles. The molecule has 1 aliphatic rings. The number of hydrogen-bond acceptors (Lipinski definition) is 3. The van der Waals surface area contributed by atoms with Gasteiger partial charge in [0.15, 0.2) is 0 Å². The molecule has 3 heteroatoms. The van der Waals surface area contributed by atoms with E-state index >= 15 is 0 Å². The average Bonchev–Trinajstić information content (AvgIpc) is 2.98. The molecule has 1 N–H and O–H groups in total. The number of rotatable bonds is 4. The lowest BCUT2D eigenvalue weighted by Gasteiger charge is -2.14. The van der Waals surface area contributed by atoms with Crippen LogP contribution < -0.4 is 10.1 Å². The fourth-order valence-corrected chi connectivity index (χ4v) is 3.80. The second-order valence-corrected chi connectivity index (χ2v) is 6.06. The third kappa shape index (κ3) is 2.72. The largest absolute Gasteiger partial charge is 0.496 e. The van der Waals surface area contributed by atoms with Crippen LogP contribution in [0.1, 0.15) is 12.0 Å². The van der Waals surface area contributed by atoms with Gasteiger partial charge in [-0.1, -0.05) is 30.3 Å². The minimum Gasteiger partial charge on any atom is -0.496 e. The van der Waals surface area contributed by atoms with Gasteiger partial charge in [0.2, 0.25) is 0 Å². The second-order valence-electron chi connectivity index (χ2n) is 4.91. The summed E-state index contributed by atoms with van der Waals surface area (Å²) in [7, 11) is 1.73. The van der Waals surface area contributed by atoms with Crippen molar-refractivity contribution < 1.29 is 4.74 Å². The maximum Gasteiger partial charge on any atom is 0.126 e. The first kappa shape index (κ1) is 12.8. The van der Waals surface area contributed by atoms with E-state index in [-0.39, 0.29) is 0 Å². The maximum absolute atomic E-state index is 5.44. The molecular formula is C16H19NOS. The molecule has 1 atom stereocenters. The van der Waals surface area contributed by atoms with Crippen LogP contribution in [0, 0.1) is 0 Å². The van der Waals surface area contributed by atoms with E-state index in [0.717, 1.165) is 12.3 Å². The molecule has 2 aromatic carbocycles. The van der Waals surface area contributed by atoms with Crippen molar-refractivity contribution in [3.63, 3.8) is 0 Å². The molecule has 100 valence electrons. The first-order chi connectivity index (χ1) is 9.38. The van der Waals surface area contributed by atoms with Gasteiger partial charge in [-0.3, -0.25) is 0 Å². The Morgan fingerprint density at radius 2 is 2.05 bits per heavy atom. The van der Waals surface area contributed by atoms with Crippen molar-refractivity contribution in [3.05, 3.63) is 42.0 Å². The summed E-state index contributed by atoms with van der Waals surface area (Å²) in [6.07, 6.45) is 1.29. The number of ether oxygens (including phenoxy) is 1. The van der Waals surface area contributed by atoms with Crippen LogP contribution in [0.4, 0.5) is 0 Å². The molecule has 0 saturated carbocycles. The molecule has 1 aliphatic heterocycles. The summed E-state index contributed by atoms with van der Waals surface area (Å²) >= 11 is 2.04. The minimum absolute atomic E-state index is 0.672. The fraction of sp³-hybridized carbons (Fsp3) is 0.375. The lowest BCUT2D eigenvalue weighted by atomic mass is 10.0. The summed E-state index contributed by atoms with van der Waals surface area (Å²) in [6.45, 7) is 0.940. The summed E-state index contributed by atoms with van der Waals surface area (Å²) in [5.74, 6) is 3.49. The van der Waals surface area contributed by atoms with Crippen LogP contribution >= 0.6 is 11.8 Å². The summed E-state index contributed by atoms with van der Waals surface area (Å²) in [6, 6.07) is 13.4. The van der Waals surface area contributed by atoms with Gasteiger partial charge in [0.05, 0.1) is 7.11 Å². The molecule has 0 bridgehead atoms. The number of methoxy groups -OCH3 is 1. The Balaban J connectivity index is 1.86. The summed E-state index contributed by atoms with van der Waals surface area (Å²) in [4.78, 5) is 0. The van der Waals surface area contributed by atoms with Crippen LogP contribution in [0.25, 0.3) is 10.8 Å². The summed E-state index contributed by atoms with van der Waals surface area (Å²) in [5, 5.41) is 6.16. The molecule has 1 heterocycles. The molecule has 0 spiro atoms. The SMILES string of the molecule is COc1ccc(CNC2CCSC2)c2ccccc12. The van der Waals surface area contributed by atoms with Crippen LogP contribution in [0.5, 0.6) is 5.75 Å². The van der Waals surface area contributed by atoms with E-state index in [9.17, 15) is 0 Å². The normalized spacial score (nSPS) is 18.9. The number of thioether (sulfide) groups is 1. The van der Waals surface area contributed by atoms with Crippen LogP contribution in [0.15, 0.2) is 36.4 Å². The van der Waals surface area contributed by atoms with Gasteiger partial charge < -0.3 is 10.1 Å². The average molecular weight is 273 g/mol. The Hall–Kier alpha value is -1.19. The minimum atomic E-state index is 0.672. The van der Waals surface area contributed by atoms with Crippen molar-refractivity contribution >= 4 is 22.5 Å². The predicted octanol–water partition coefficient (Wildman–Crippen LogP) is 3.44. The highest BCUT2D eigenvalue weighted by Gasteiger charge is 2.15. The molecule has 3 rings (SSSR count). The standard InChI is InChI=1S/C16H19NOS/c1-18-16-7-6-12(10-17-13-8-9-19-11-13)14-4-2-3-5-15(14)16/h2-7,13,17H,8-11H2,1H3. The van der Waals surface area contributed by atoms with E-state index in [4.69, 9.17) is 4.74 Å². The smallest absolute Gasteiger partial charge is 0.126 e. The molecule has 0 aliphatic carbocycles. The zero-order valence-electron chi connectivity index (χ0n) is 11.2. The van der Waals surface area contributed by atoms with Gasteiger partial charge in [0.1, 0.15) is 5.75 Å².